The Hall–Kier alpha value is -1.09. The molecule has 1 aliphatic heterocycles. The molecule has 3 rings (SSSR count). The number of anilines is 1. The van der Waals surface area contributed by atoms with Crippen LogP contribution in [0.3, 0.4) is 0 Å². The highest BCUT2D eigenvalue weighted by Crippen LogP contribution is 2.39. The van der Waals surface area contributed by atoms with Crippen molar-refractivity contribution in [1.29, 1.82) is 0 Å². The SMILES string of the molecule is Cc1cccc(C(N)=S)c1N1CCC[C@H]2CCCC[C@H]21. The van der Waals surface area contributed by atoms with Gasteiger partial charge in [-0.2, -0.15) is 0 Å². The van der Waals surface area contributed by atoms with Gasteiger partial charge in [0.1, 0.15) is 4.99 Å². The summed E-state index contributed by atoms with van der Waals surface area (Å²) in [4.78, 5) is 3.15. The monoisotopic (exact) mass is 288 g/mol. The molecule has 3 heteroatoms. The van der Waals surface area contributed by atoms with Gasteiger partial charge < -0.3 is 10.6 Å². The quantitative estimate of drug-likeness (QED) is 0.840. The van der Waals surface area contributed by atoms with Crippen molar-refractivity contribution in [2.75, 3.05) is 11.4 Å². The van der Waals surface area contributed by atoms with Gasteiger partial charge in [0.15, 0.2) is 0 Å². The van der Waals surface area contributed by atoms with Crippen molar-refractivity contribution >= 4 is 22.9 Å². The van der Waals surface area contributed by atoms with Gasteiger partial charge in [-0.3, -0.25) is 0 Å². The first-order valence-corrected chi connectivity index (χ1v) is 8.25. The molecule has 1 saturated heterocycles. The summed E-state index contributed by atoms with van der Waals surface area (Å²) < 4.78 is 0. The molecule has 2 atom stereocenters. The number of aryl methyl sites for hydroxylation is 1. The van der Waals surface area contributed by atoms with Crippen LogP contribution in [-0.4, -0.2) is 17.6 Å². The van der Waals surface area contributed by atoms with Gasteiger partial charge in [-0.1, -0.05) is 37.2 Å². The van der Waals surface area contributed by atoms with Crippen molar-refractivity contribution in [3.05, 3.63) is 29.3 Å². The summed E-state index contributed by atoms with van der Waals surface area (Å²) in [6, 6.07) is 7.03. The number of fused-ring (bicyclic) bond motifs is 1. The number of benzene rings is 1. The van der Waals surface area contributed by atoms with E-state index in [-0.39, 0.29) is 0 Å². The Bertz CT molecular complexity index is 510. The Balaban J connectivity index is 2.00. The average molecular weight is 288 g/mol. The minimum absolute atomic E-state index is 0.529. The van der Waals surface area contributed by atoms with Crippen molar-refractivity contribution < 1.29 is 0 Å². The standard InChI is InChI=1S/C17H24N2S/c1-12-6-4-9-14(17(18)20)16(12)19-11-5-8-13-7-2-3-10-15(13)19/h4,6,9,13,15H,2-3,5,7-8,10-11H2,1H3,(H2,18,20)/t13-,15-/m1/s1. The summed E-state index contributed by atoms with van der Waals surface area (Å²) in [5.74, 6) is 0.872. The minimum Gasteiger partial charge on any atom is -0.389 e. The zero-order chi connectivity index (χ0) is 14.1. The molecule has 1 aromatic carbocycles. The summed E-state index contributed by atoms with van der Waals surface area (Å²) in [5.41, 5.74) is 9.63. The van der Waals surface area contributed by atoms with Crippen LogP contribution < -0.4 is 10.6 Å². The number of piperidine rings is 1. The second-order valence-corrected chi connectivity index (χ2v) is 6.72. The lowest BCUT2D eigenvalue weighted by Crippen LogP contribution is -2.47. The van der Waals surface area contributed by atoms with Gasteiger partial charge in [0, 0.05) is 18.2 Å². The second kappa shape index (κ2) is 5.72. The van der Waals surface area contributed by atoms with Crippen LogP contribution >= 0.6 is 12.2 Å². The molecule has 1 saturated carbocycles. The molecule has 0 spiro atoms. The van der Waals surface area contributed by atoms with Crippen LogP contribution in [0, 0.1) is 12.8 Å². The molecular weight excluding hydrogens is 264 g/mol. The van der Waals surface area contributed by atoms with E-state index in [2.05, 4.69) is 30.0 Å². The molecule has 0 radical (unpaired) electrons. The van der Waals surface area contributed by atoms with Crippen molar-refractivity contribution in [2.45, 2.75) is 51.5 Å². The predicted octanol–water partition coefficient (Wildman–Crippen LogP) is 3.79. The lowest BCUT2D eigenvalue weighted by Gasteiger charge is -2.46. The fraction of sp³-hybridized carbons (Fsp3) is 0.588. The maximum Gasteiger partial charge on any atom is 0.106 e. The van der Waals surface area contributed by atoms with E-state index in [0.29, 0.717) is 11.0 Å². The molecule has 2 nitrogen and oxygen atoms in total. The van der Waals surface area contributed by atoms with E-state index in [1.807, 2.05) is 0 Å². The summed E-state index contributed by atoms with van der Waals surface area (Å²) in [7, 11) is 0. The summed E-state index contributed by atoms with van der Waals surface area (Å²) in [6.45, 7) is 3.34. The molecule has 2 aliphatic rings. The first-order chi connectivity index (χ1) is 9.68. The van der Waals surface area contributed by atoms with Crippen LogP contribution in [0.1, 0.15) is 49.7 Å². The number of nitrogens with zero attached hydrogens (tertiary/aromatic N) is 1. The second-order valence-electron chi connectivity index (χ2n) is 6.28. The Morgan fingerprint density at radius 2 is 1.95 bits per heavy atom. The normalized spacial score (nSPS) is 26.1. The summed E-state index contributed by atoms with van der Waals surface area (Å²) in [6.07, 6.45) is 8.20. The Labute approximate surface area is 127 Å². The van der Waals surface area contributed by atoms with Gasteiger partial charge in [-0.15, -0.1) is 0 Å². The van der Waals surface area contributed by atoms with Crippen LogP contribution in [0.5, 0.6) is 0 Å². The lowest BCUT2D eigenvalue weighted by molar-refractivity contribution is 0.243. The van der Waals surface area contributed by atoms with Gasteiger partial charge in [-0.25, -0.2) is 0 Å². The zero-order valence-corrected chi connectivity index (χ0v) is 13.1. The highest BCUT2D eigenvalue weighted by molar-refractivity contribution is 7.80. The van der Waals surface area contributed by atoms with E-state index in [4.69, 9.17) is 18.0 Å². The molecule has 0 bridgehead atoms. The Morgan fingerprint density at radius 3 is 2.75 bits per heavy atom. The molecule has 2 fully saturated rings. The van der Waals surface area contributed by atoms with Gasteiger partial charge in [0.05, 0.1) is 5.69 Å². The smallest absolute Gasteiger partial charge is 0.106 e. The van der Waals surface area contributed by atoms with E-state index in [9.17, 15) is 0 Å². The topological polar surface area (TPSA) is 29.3 Å². The summed E-state index contributed by atoms with van der Waals surface area (Å²) >= 11 is 5.28. The number of hydrogen-bond acceptors (Lipinski definition) is 2. The van der Waals surface area contributed by atoms with E-state index >= 15 is 0 Å². The van der Waals surface area contributed by atoms with Gasteiger partial charge in [0.25, 0.3) is 0 Å². The molecular formula is C17H24N2S. The van der Waals surface area contributed by atoms with E-state index < -0.39 is 0 Å². The molecule has 108 valence electrons. The van der Waals surface area contributed by atoms with Crippen LogP contribution in [-0.2, 0) is 0 Å². The molecule has 2 N–H and O–H groups in total. The van der Waals surface area contributed by atoms with Crippen LogP contribution in [0.4, 0.5) is 5.69 Å². The van der Waals surface area contributed by atoms with Crippen LogP contribution in [0.25, 0.3) is 0 Å². The van der Waals surface area contributed by atoms with E-state index in [0.717, 1.165) is 18.0 Å². The number of rotatable bonds is 2. The van der Waals surface area contributed by atoms with Gasteiger partial charge >= 0.3 is 0 Å². The highest BCUT2D eigenvalue weighted by Gasteiger charge is 2.34. The van der Waals surface area contributed by atoms with Crippen molar-refractivity contribution in [1.82, 2.24) is 0 Å². The maximum atomic E-state index is 5.96. The van der Waals surface area contributed by atoms with E-state index in [1.54, 1.807) is 0 Å². The van der Waals surface area contributed by atoms with Crippen molar-refractivity contribution in [3.8, 4) is 0 Å². The predicted molar refractivity (Wildman–Crippen MR) is 89.4 cm³/mol. The Morgan fingerprint density at radius 1 is 1.20 bits per heavy atom. The van der Waals surface area contributed by atoms with Crippen LogP contribution in [0.2, 0.25) is 0 Å². The lowest BCUT2D eigenvalue weighted by atomic mass is 9.78. The maximum absolute atomic E-state index is 5.96. The average Bonchev–Trinajstić information content (AvgIpc) is 2.46. The van der Waals surface area contributed by atoms with E-state index in [1.165, 1.54) is 49.8 Å². The molecule has 1 aromatic rings. The third-order valence-electron chi connectivity index (χ3n) is 5.03. The number of hydrogen-bond donors (Lipinski definition) is 1. The van der Waals surface area contributed by atoms with Crippen molar-refractivity contribution in [2.24, 2.45) is 11.7 Å². The third-order valence-corrected chi connectivity index (χ3v) is 5.25. The zero-order valence-electron chi connectivity index (χ0n) is 12.3. The van der Waals surface area contributed by atoms with Crippen molar-refractivity contribution in [3.63, 3.8) is 0 Å². The summed E-state index contributed by atoms with van der Waals surface area (Å²) in [5, 5.41) is 0. The fourth-order valence-corrected chi connectivity index (χ4v) is 4.31. The third kappa shape index (κ3) is 2.44. The fourth-order valence-electron chi connectivity index (χ4n) is 4.14. The molecule has 20 heavy (non-hydrogen) atoms. The largest absolute Gasteiger partial charge is 0.389 e. The molecule has 1 aliphatic carbocycles. The minimum atomic E-state index is 0.529. The molecule has 1 heterocycles. The number of nitrogens with two attached hydrogens (primary N) is 1. The van der Waals surface area contributed by atoms with Gasteiger partial charge in [0.2, 0.25) is 0 Å². The number of thiocarbonyl (C=S) groups is 1. The molecule has 0 amide bonds. The molecule has 0 aromatic heterocycles. The van der Waals surface area contributed by atoms with Crippen LogP contribution in [0.15, 0.2) is 18.2 Å². The van der Waals surface area contributed by atoms with Gasteiger partial charge in [-0.05, 0) is 50.2 Å². The first kappa shape index (κ1) is 13.9. The first-order valence-electron chi connectivity index (χ1n) is 7.84. The molecule has 0 unspecified atom stereocenters. The number of para-hydroxylation sites is 1. The highest BCUT2D eigenvalue weighted by atomic mass is 32.1. The Kier molecular flexibility index (Phi) is 3.97.